The lowest BCUT2D eigenvalue weighted by molar-refractivity contribution is 0.370. The van der Waals surface area contributed by atoms with E-state index in [0.717, 1.165) is 5.92 Å². The normalized spacial score (nSPS) is 16.9. The summed E-state index contributed by atoms with van der Waals surface area (Å²) in [6, 6.07) is 2.07. The van der Waals surface area contributed by atoms with Gasteiger partial charge < -0.3 is 5.32 Å². The van der Waals surface area contributed by atoms with E-state index in [9.17, 15) is 0 Å². The SMILES string of the molecule is Cl.Cl.c1cc(CC2CCNCC2)[nH]n1. The van der Waals surface area contributed by atoms with Crippen LogP contribution in [0.1, 0.15) is 18.5 Å². The van der Waals surface area contributed by atoms with Crippen LogP contribution in [0.15, 0.2) is 12.3 Å². The summed E-state index contributed by atoms with van der Waals surface area (Å²) in [5, 5.41) is 10.3. The Kier molecular flexibility index (Phi) is 6.97. The first kappa shape index (κ1) is 13.8. The number of piperidine rings is 1. The largest absolute Gasteiger partial charge is 0.317 e. The minimum atomic E-state index is 0. The van der Waals surface area contributed by atoms with Crippen molar-refractivity contribution in [3.05, 3.63) is 18.0 Å². The van der Waals surface area contributed by atoms with Gasteiger partial charge in [-0.1, -0.05) is 0 Å². The molecule has 0 amide bonds. The number of nitrogens with one attached hydrogen (secondary N) is 2. The monoisotopic (exact) mass is 237 g/mol. The third-order valence-corrected chi connectivity index (χ3v) is 2.53. The van der Waals surface area contributed by atoms with Crippen LogP contribution in [0.5, 0.6) is 0 Å². The van der Waals surface area contributed by atoms with E-state index >= 15 is 0 Å². The first-order chi connectivity index (χ1) is 5.95. The second-order valence-corrected chi connectivity index (χ2v) is 3.48. The fourth-order valence-electron chi connectivity index (χ4n) is 1.80. The van der Waals surface area contributed by atoms with Gasteiger partial charge >= 0.3 is 0 Å². The molecule has 14 heavy (non-hydrogen) atoms. The van der Waals surface area contributed by atoms with Gasteiger partial charge in [0, 0.05) is 11.9 Å². The van der Waals surface area contributed by atoms with Crippen LogP contribution < -0.4 is 5.32 Å². The van der Waals surface area contributed by atoms with Crippen LogP contribution in [0, 0.1) is 5.92 Å². The minimum absolute atomic E-state index is 0. The maximum atomic E-state index is 3.95. The summed E-state index contributed by atoms with van der Waals surface area (Å²) in [6.07, 6.45) is 5.61. The number of hydrogen-bond donors (Lipinski definition) is 2. The quantitative estimate of drug-likeness (QED) is 0.824. The summed E-state index contributed by atoms with van der Waals surface area (Å²) in [6.45, 7) is 2.36. The zero-order valence-corrected chi connectivity index (χ0v) is 9.66. The molecule has 0 spiro atoms. The Hall–Kier alpha value is -0.250. The molecule has 82 valence electrons. The molecule has 1 fully saturated rings. The highest BCUT2D eigenvalue weighted by Crippen LogP contribution is 2.15. The van der Waals surface area contributed by atoms with Crippen molar-refractivity contribution >= 4 is 24.8 Å². The molecule has 3 nitrogen and oxygen atoms in total. The first-order valence-electron chi connectivity index (χ1n) is 4.64. The molecule has 5 heteroatoms. The standard InChI is InChI=1S/C9H15N3.2ClH/c1-4-10-5-2-8(1)7-9-3-6-11-12-9;;/h3,6,8,10H,1-2,4-5,7H2,(H,11,12);2*1H. The van der Waals surface area contributed by atoms with E-state index in [0.29, 0.717) is 0 Å². The third-order valence-electron chi connectivity index (χ3n) is 2.53. The molecule has 0 aliphatic carbocycles. The van der Waals surface area contributed by atoms with Gasteiger partial charge in [-0.2, -0.15) is 5.10 Å². The van der Waals surface area contributed by atoms with Crippen LogP contribution in [0.3, 0.4) is 0 Å². The number of aromatic amines is 1. The van der Waals surface area contributed by atoms with Crippen molar-refractivity contribution in [2.24, 2.45) is 5.92 Å². The molecule has 1 aliphatic rings. The van der Waals surface area contributed by atoms with Crippen LogP contribution in [0.2, 0.25) is 0 Å². The number of rotatable bonds is 2. The molecule has 1 aromatic heterocycles. The maximum Gasteiger partial charge on any atom is 0.0490 e. The summed E-state index contributed by atoms with van der Waals surface area (Å²) in [7, 11) is 0. The van der Waals surface area contributed by atoms with Crippen molar-refractivity contribution in [3.63, 3.8) is 0 Å². The van der Waals surface area contributed by atoms with Gasteiger partial charge in [0.05, 0.1) is 0 Å². The van der Waals surface area contributed by atoms with Crippen molar-refractivity contribution in [2.45, 2.75) is 19.3 Å². The van der Waals surface area contributed by atoms with Crippen LogP contribution in [-0.2, 0) is 6.42 Å². The third kappa shape index (κ3) is 3.86. The highest BCUT2D eigenvalue weighted by molar-refractivity contribution is 5.85. The van der Waals surface area contributed by atoms with Crippen molar-refractivity contribution in [1.82, 2.24) is 15.5 Å². The van der Waals surface area contributed by atoms with Gasteiger partial charge in [0.1, 0.15) is 0 Å². The molecule has 2 heterocycles. The second-order valence-electron chi connectivity index (χ2n) is 3.48. The van der Waals surface area contributed by atoms with Gasteiger partial charge in [-0.15, -0.1) is 24.8 Å². The molecule has 1 aromatic rings. The van der Waals surface area contributed by atoms with E-state index in [1.165, 1.54) is 38.0 Å². The van der Waals surface area contributed by atoms with Gasteiger partial charge in [0.2, 0.25) is 0 Å². The average molecular weight is 238 g/mol. The van der Waals surface area contributed by atoms with Gasteiger partial charge in [-0.05, 0) is 44.3 Å². The predicted octanol–water partition coefficient (Wildman–Crippen LogP) is 1.80. The van der Waals surface area contributed by atoms with E-state index in [1.54, 1.807) is 0 Å². The molecule has 1 saturated heterocycles. The molecule has 2 N–H and O–H groups in total. The van der Waals surface area contributed by atoms with Crippen molar-refractivity contribution < 1.29 is 0 Å². The van der Waals surface area contributed by atoms with Crippen molar-refractivity contribution in [2.75, 3.05) is 13.1 Å². The van der Waals surface area contributed by atoms with Crippen LogP contribution in [-0.4, -0.2) is 23.3 Å². The molecule has 0 radical (unpaired) electrons. The smallest absolute Gasteiger partial charge is 0.0490 e. The fraction of sp³-hybridized carbons (Fsp3) is 0.667. The Bertz CT molecular complexity index is 220. The summed E-state index contributed by atoms with van der Waals surface area (Å²) in [5.41, 5.74) is 1.28. The summed E-state index contributed by atoms with van der Waals surface area (Å²) >= 11 is 0. The molecular weight excluding hydrogens is 221 g/mol. The highest BCUT2D eigenvalue weighted by Gasteiger charge is 2.13. The van der Waals surface area contributed by atoms with Crippen molar-refractivity contribution in [3.8, 4) is 0 Å². The predicted molar refractivity (Wildman–Crippen MR) is 62.4 cm³/mol. The molecular formula is C9H17Cl2N3. The zero-order chi connectivity index (χ0) is 8.23. The second kappa shape index (κ2) is 7.10. The summed E-state index contributed by atoms with van der Waals surface area (Å²) in [4.78, 5) is 0. The average Bonchev–Trinajstić information content (AvgIpc) is 2.59. The molecule has 0 aromatic carbocycles. The number of H-pyrrole nitrogens is 1. The van der Waals surface area contributed by atoms with E-state index in [-0.39, 0.29) is 24.8 Å². The maximum absolute atomic E-state index is 3.95. The highest BCUT2D eigenvalue weighted by atomic mass is 35.5. The Morgan fingerprint density at radius 1 is 1.29 bits per heavy atom. The zero-order valence-electron chi connectivity index (χ0n) is 8.03. The molecule has 1 aliphatic heterocycles. The summed E-state index contributed by atoms with van der Waals surface area (Å²) < 4.78 is 0. The Morgan fingerprint density at radius 3 is 2.57 bits per heavy atom. The fourth-order valence-corrected chi connectivity index (χ4v) is 1.80. The minimum Gasteiger partial charge on any atom is -0.317 e. The van der Waals surface area contributed by atoms with Crippen LogP contribution in [0.4, 0.5) is 0 Å². The van der Waals surface area contributed by atoms with E-state index in [2.05, 4.69) is 21.6 Å². The lowest BCUT2D eigenvalue weighted by atomic mass is 9.93. The topological polar surface area (TPSA) is 40.7 Å². The Balaban J connectivity index is 0.000000845. The van der Waals surface area contributed by atoms with Gasteiger partial charge in [-0.3, -0.25) is 5.10 Å². The number of hydrogen-bond acceptors (Lipinski definition) is 2. The first-order valence-corrected chi connectivity index (χ1v) is 4.64. The Morgan fingerprint density at radius 2 is 2.00 bits per heavy atom. The van der Waals surface area contributed by atoms with Gasteiger partial charge in [0.25, 0.3) is 0 Å². The Labute approximate surface area is 96.9 Å². The lowest BCUT2D eigenvalue weighted by Gasteiger charge is -2.21. The molecule has 0 saturated carbocycles. The number of nitrogens with zero attached hydrogens (tertiary/aromatic N) is 1. The summed E-state index contributed by atoms with van der Waals surface area (Å²) in [5.74, 6) is 0.853. The van der Waals surface area contributed by atoms with Crippen LogP contribution in [0.25, 0.3) is 0 Å². The molecule has 0 bridgehead atoms. The van der Waals surface area contributed by atoms with Gasteiger partial charge in [-0.25, -0.2) is 0 Å². The van der Waals surface area contributed by atoms with E-state index in [1.807, 2.05) is 6.20 Å². The molecule has 0 unspecified atom stereocenters. The molecule has 2 rings (SSSR count). The van der Waals surface area contributed by atoms with Crippen LogP contribution >= 0.6 is 24.8 Å². The van der Waals surface area contributed by atoms with Crippen molar-refractivity contribution in [1.29, 1.82) is 0 Å². The van der Waals surface area contributed by atoms with E-state index < -0.39 is 0 Å². The number of halogens is 2. The van der Waals surface area contributed by atoms with Gasteiger partial charge in [0.15, 0.2) is 0 Å². The van der Waals surface area contributed by atoms with E-state index in [4.69, 9.17) is 0 Å². The number of aromatic nitrogens is 2. The molecule has 0 atom stereocenters. The lowest BCUT2D eigenvalue weighted by Crippen LogP contribution is -2.28.